The minimum Gasteiger partial charge on any atom is -0.307 e. The Labute approximate surface area is 184 Å². The monoisotopic (exact) mass is 440 g/mol. The third kappa shape index (κ3) is 4.17. The number of aryl methyl sites for hydroxylation is 1. The Bertz CT molecular complexity index is 1170. The SMILES string of the molecule is Cc1cnccc1NC(=O)N1CCC(C)(C)c2ccc(-c3cccc(C(F)(F)F)c3)nc21. The molecule has 3 heterocycles. The zero-order valence-corrected chi connectivity index (χ0v) is 18.0. The van der Waals surface area contributed by atoms with Gasteiger partial charge in [-0.05, 0) is 48.6 Å². The molecule has 32 heavy (non-hydrogen) atoms. The summed E-state index contributed by atoms with van der Waals surface area (Å²) in [7, 11) is 0. The van der Waals surface area contributed by atoms with Crippen molar-refractivity contribution < 1.29 is 18.0 Å². The van der Waals surface area contributed by atoms with Gasteiger partial charge >= 0.3 is 12.2 Å². The molecule has 0 spiro atoms. The van der Waals surface area contributed by atoms with Crippen LogP contribution in [0.15, 0.2) is 54.9 Å². The first-order valence-corrected chi connectivity index (χ1v) is 10.2. The van der Waals surface area contributed by atoms with Gasteiger partial charge < -0.3 is 5.32 Å². The number of hydrogen-bond donors (Lipinski definition) is 1. The third-order valence-electron chi connectivity index (χ3n) is 5.81. The lowest BCUT2D eigenvalue weighted by Gasteiger charge is -2.38. The van der Waals surface area contributed by atoms with E-state index in [9.17, 15) is 18.0 Å². The van der Waals surface area contributed by atoms with Crippen molar-refractivity contribution in [3.63, 3.8) is 0 Å². The van der Waals surface area contributed by atoms with E-state index in [-0.39, 0.29) is 11.4 Å². The molecule has 0 atom stereocenters. The summed E-state index contributed by atoms with van der Waals surface area (Å²) < 4.78 is 39.5. The molecule has 4 rings (SSSR count). The van der Waals surface area contributed by atoms with Crippen LogP contribution in [0.5, 0.6) is 0 Å². The lowest BCUT2D eigenvalue weighted by atomic mass is 9.79. The van der Waals surface area contributed by atoms with Crippen LogP contribution >= 0.6 is 0 Å². The molecule has 0 saturated carbocycles. The Balaban J connectivity index is 1.74. The van der Waals surface area contributed by atoms with Crippen LogP contribution in [-0.4, -0.2) is 22.5 Å². The van der Waals surface area contributed by atoms with Crippen LogP contribution in [0.2, 0.25) is 0 Å². The second-order valence-corrected chi connectivity index (χ2v) is 8.55. The topological polar surface area (TPSA) is 58.1 Å². The third-order valence-corrected chi connectivity index (χ3v) is 5.81. The molecule has 0 bridgehead atoms. The number of halogens is 3. The Morgan fingerprint density at radius 3 is 2.66 bits per heavy atom. The molecule has 166 valence electrons. The fraction of sp³-hybridized carbons (Fsp3) is 0.292. The van der Waals surface area contributed by atoms with Crippen molar-refractivity contribution >= 4 is 17.5 Å². The summed E-state index contributed by atoms with van der Waals surface area (Å²) in [5.74, 6) is 0.459. The highest BCUT2D eigenvalue weighted by Gasteiger charge is 2.36. The van der Waals surface area contributed by atoms with Gasteiger partial charge in [-0.2, -0.15) is 13.2 Å². The number of carbonyl (C=O) groups excluding carboxylic acids is 1. The second-order valence-electron chi connectivity index (χ2n) is 8.55. The molecule has 8 heteroatoms. The number of pyridine rings is 2. The fourth-order valence-corrected chi connectivity index (χ4v) is 3.82. The lowest BCUT2D eigenvalue weighted by Crippen LogP contribution is -2.44. The van der Waals surface area contributed by atoms with Crippen LogP contribution in [-0.2, 0) is 11.6 Å². The second kappa shape index (κ2) is 7.93. The molecule has 1 aromatic carbocycles. The Hall–Kier alpha value is -3.42. The maximum atomic E-state index is 13.2. The van der Waals surface area contributed by atoms with Crippen LogP contribution in [0.1, 0.15) is 37.0 Å². The minimum atomic E-state index is -4.44. The van der Waals surface area contributed by atoms with Gasteiger partial charge in [0, 0.05) is 35.8 Å². The number of urea groups is 1. The summed E-state index contributed by atoms with van der Waals surface area (Å²) >= 11 is 0. The highest BCUT2D eigenvalue weighted by atomic mass is 19.4. The molecule has 0 unspecified atom stereocenters. The number of rotatable bonds is 2. The Kier molecular flexibility index (Phi) is 5.40. The van der Waals surface area contributed by atoms with Crippen molar-refractivity contribution in [1.82, 2.24) is 9.97 Å². The molecule has 3 aromatic rings. The van der Waals surface area contributed by atoms with Gasteiger partial charge in [0.15, 0.2) is 0 Å². The largest absolute Gasteiger partial charge is 0.416 e. The van der Waals surface area contributed by atoms with Crippen LogP contribution < -0.4 is 10.2 Å². The van der Waals surface area contributed by atoms with Crippen molar-refractivity contribution in [3.05, 3.63) is 71.5 Å². The lowest BCUT2D eigenvalue weighted by molar-refractivity contribution is -0.137. The van der Waals surface area contributed by atoms with E-state index in [1.165, 1.54) is 6.07 Å². The molecule has 5 nitrogen and oxygen atoms in total. The molecular weight excluding hydrogens is 417 g/mol. The molecule has 1 aliphatic rings. The number of fused-ring (bicyclic) bond motifs is 1. The van der Waals surface area contributed by atoms with E-state index in [1.54, 1.807) is 35.5 Å². The predicted molar refractivity (Wildman–Crippen MR) is 118 cm³/mol. The van der Waals surface area contributed by atoms with Gasteiger partial charge in [0.05, 0.1) is 11.3 Å². The Morgan fingerprint density at radius 1 is 1.16 bits per heavy atom. The van der Waals surface area contributed by atoms with E-state index >= 15 is 0 Å². The number of amides is 2. The van der Waals surface area contributed by atoms with E-state index in [2.05, 4.69) is 29.1 Å². The molecule has 2 aromatic heterocycles. The predicted octanol–water partition coefficient (Wildman–Crippen LogP) is 6.19. The van der Waals surface area contributed by atoms with E-state index in [0.717, 1.165) is 29.7 Å². The molecule has 0 radical (unpaired) electrons. The molecule has 1 aliphatic heterocycles. The van der Waals surface area contributed by atoms with Crippen molar-refractivity contribution in [2.24, 2.45) is 0 Å². The summed E-state index contributed by atoms with van der Waals surface area (Å²) in [5.41, 5.74) is 2.10. The van der Waals surface area contributed by atoms with E-state index in [4.69, 9.17) is 0 Å². The number of benzene rings is 1. The average Bonchev–Trinajstić information content (AvgIpc) is 2.74. The highest BCUT2D eigenvalue weighted by Crippen LogP contribution is 2.40. The highest BCUT2D eigenvalue weighted by molar-refractivity contribution is 6.02. The molecule has 2 amide bonds. The normalized spacial score (nSPS) is 15.2. The van der Waals surface area contributed by atoms with Gasteiger partial charge in [-0.15, -0.1) is 0 Å². The van der Waals surface area contributed by atoms with Crippen LogP contribution in [0.3, 0.4) is 0 Å². The van der Waals surface area contributed by atoms with Crippen molar-refractivity contribution in [1.29, 1.82) is 0 Å². The van der Waals surface area contributed by atoms with E-state index in [1.807, 2.05) is 13.0 Å². The maximum Gasteiger partial charge on any atom is 0.416 e. The molecule has 0 fully saturated rings. The summed E-state index contributed by atoms with van der Waals surface area (Å²) in [6, 6.07) is 10.00. The molecule has 1 N–H and O–H groups in total. The average molecular weight is 440 g/mol. The van der Waals surface area contributed by atoms with Gasteiger partial charge in [0.1, 0.15) is 5.82 Å². The van der Waals surface area contributed by atoms with Crippen molar-refractivity contribution in [3.8, 4) is 11.3 Å². The summed E-state index contributed by atoms with van der Waals surface area (Å²) in [5, 5.41) is 2.89. The van der Waals surface area contributed by atoms with Gasteiger partial charge in [-0.25, -0.2) is 9.78 Å². The standard InChI is InChI=1S/C24H23F3N4O/c1-15-14-28-11-9-19(15)30-22(32)31-12-10-23(2,3)18-7-8-20(29-21(18)31)16-5-4-6-17(13-16)24(25,26)27/h4-9,11,13-14H,10,12H2,1-3H3,(H,28,30,32). The first-order chi connectivity index (χ1) is 15.1. The van der Waals surface area contributed by atoms with Crippen LogP contribution in [0.25, 0.3) is 11.3 Å². The van der Waals surface area contributed by atoms with Gasteiger partial charge in [-0.1, -0.05) is 32.0 Å². The van der Waals surface area contributed by atoms with Crippen molar-refractivity contribution in [2.45, 2.75) is 38.8 Å². The zero-order chi connectivity index (χ0) is 23.1. The van der Waals surface area contributed by atoms with Gasteiger partial charge in [0.2, 0.25) is 0 Å². The summed E-state index contributed by atoms with van der Waals surface area (Å²) in [6.07, 6.45) is -0.458. The summed E-state index contributed by atoms with van der Waals surface area (Å²) in [4.78, 5) is 23.4. The number of nitrogens with zero attached hydrogens (tertiary/aromatic N) is 3. The first kappa shape index (κ1) is 21.8. The van der Waals surface area contributed by atoms with Gasteiger partial charge in [-0.3, -0.25) is 9.88 Å². The van der Waals surface area contributed by atoms with E-state index < -0.39 is 11.7 Å². The minimum absolute atomic E-state index is 0.224. The Morgan fingerprint density at radius 2 is 1.94 bits per heavy atom. The smallest absolute Gasteiger partial charge is 0.307 e. The quantitative estimate of drug-likeness (QED) is 0.517. The zero-order valence-electron chi connectivity index (χ0n) is 18.0. The first-order valence-electron chi connectivity index (χ1n) is 10.2. The molecule has 0 aliphatic carbocycles. The number of nitrogens with one attached hydrogen (secondary N) is 1. The van der Waals surface area contributed by atoms with Crippen LogP contribution in [0, 0.1) is 6.92 Å². The van der Waals surface area contributed by atoms with Gasteiger partial charge in [0.25, 0.3) is 0 Å². The van der Waals surface area contributed by atoms with Crippen LogP contribution in [0.4, 0.5) is 29.5 Å². The van der Waals surface area contributed by atoms with E-state index in [0.29, 0.717) is 29.3 Å². The maximum absolute atomic E-state index is 13.2. The number of hydrogen-bond acceptors (Lipinski definition) is 3. The van der Waals surface area contributed by atoms with Crippen molar-refractivity contribution in [2.75, 3.05) is 16.8 Å². The summed E-state index contributed by atoms with van der Waals surface area (Å²) in [6.45, 7) is 6.42. The number of aromatic nitrogens is 2. The molecule has 0 saturated heterocycles. The number of anilines is 2. The molecular formula is C24H23F3N4O. The number of alkyl halides is 3. The fourth-order valence-electron chi connectivity index (χ4n) is 3.82. The number of carbonyl (C=O) groups is 1.